The fraction of sp³-hybridized carbons (Fsp3) is 0.579. The molecular formula is C19H27NO4. The molecule has 2 unspecified atom stereocenters. The topological polar surface area (TPSA) is 66.8 Å². The Kier molecular flexibility index (Phi) is 6.64. The lowest BCUT2D eigenvalue weighted by molar-refractivity contribution is -0.144. The van der Waals surface area contributed by atoms with Crippen molar-refractivity contribution in [2.45, 2.75) is 64.5 Å². The third kappa shape index (κ3) is 4.98. The maximum atomic E-state index is 12.9. The summed E-state index contributed by atoms with van der Waals surface area (Å²) in [6.45, 7) is 4.62. The normalized spacial score (nSPS) is 18.9. The summed E-state index contributed by atoms with van der Waals surface area (Å²) in [4.78, 5) is 25.6. The van der Waals surface area contributed by atoms with Crippen molar-refractivity contribution < 1.29 is 19.4 Å². The zero-order valence-electron chi connectivity index (χ0n) is 14.5. The molecule has 1 saturated heterocycles. The van der Waals surface area contributed by atoms with E-state index in [1.165, 1.54) is 0 Å². The first kappa shape index (κ1) is 18.3. The van der Waals surface area contributed by atoms with Crippen LogP contribution >= 0.6 is 0 Å². The molecule has 1 amide bonds. The molecular weight excluding hydrogens is 306 g/mol. The number of carboxylic acids is 1. The van der Waals surface area contributed by atoms with Gasteiger partial charge in [-0.3, -0.25) is 9.59 Å². The lowest BCUT2D eigenvalue weighted by atomic mass is 9.97. The van der Waals surface area contributed by atoms with Crippen LogP contribution in [0.5, 0.6) is 5.75 Å². The molecule has 24 heavy (non-hydrogen) atoms. The zero-order valence-corrected chi connectivity index (χ0v) is 14.5. The zero-order chi connectivity index (χ0) is 17.5. The van der Waals surface area contributed by atoms with Gasteiger partial charge in [-0.05, 0) is 56.7 Å². The summed E-state index contributed by atoms with van der Waals surface area (Å²) in [5, 5.41) is 8.92. The monoisotopic (exact) mass is 333 g/mol. The van der Waals surface area contributed by atoms with Crippen LogP contribution in [-0.2, 0) is 9.59 Å². The number of aliphatic carboxylic acids is 1. The highest BCUT2D eigenvalue weighted by Gasteiger charge is 2.32. The minimum Gasteiger partial charge on any atom is -0.481 e. The summed E-state index contributed by atoms with van der Waals surface area (Å²) in [7, 11) is 0. The molecule has 1 aliphatic heterocycles. The number of hydrogen-bond acceptors (Lipinski definition) is 3. The number of ether oxygens (including phenoxy) is 1. The molecule has 0 aliphatic carbocycles. The summed E-state index contributed by atoms with van der Waals surface area (Å²) in [5.74, 6) is -0.126. The molecule has 1 aromatic rings. The molecule has 1 fully saturated rings. The molecule has 0 spiro atoms. The predicted molar refractivity (Wildman–Crippen MR) is 92.1 cm³/mol. The summed E-state index contributed by atoms with van der Waals surface area (Å²) in [5.41, 5.74) is 1.09. The maximum Gasteiger partial charge on any atom is 0.303 e. The van der Waals surface area contributed by atoms with Crippen LogP contribution < -0.4 is 4.74 Å². The third-order valence-corrected chi connectivity index (χ3v) is 4.52. The van der Waals surface area contributed by atoms with E-state index in [2.05, 4.69) is 0 Å². The van der Waals surface area contributed by atoms with Crippen molar-refractivity contribution in [2.75, 3.05) is 6.54 Å². The number of benzene rings is 1. The number of piperidine rings is 1. The molecule has 1 aromatic carbocycles. The second kappa shape index (κ2) is 8.71. The smallest absolute Gasteiger partial charge is 0.303 e. The number of likely N-dealkylation sites (tertiary alicyclic amines) is 1. The predicted octanol–water partition coefficient (Wildman–Crippen LogP) is 3.40. The molecule has 0 radical (unpaired) electrons. The van der Waals surface area contributed by atoms with Crippen LogP contribution in [0.15, 0.2) is 24.3 Å². The average molecular weight is 333 g/mol. The molecule has 1 N–H and O–H groups in total. The highest BCUT2D eigenvalue weighted by atomic mass is 16.5. The molecule has 5 heteroatoms. The molecule has 2 rings (SSSR count). The van der Waals surface area contributed by atoms with E-state index in [0.29, 0.717) is 25.1 Å². The third-order valence-electron chi connectivity index (χ3n) is 4.52. The van der Waals surface area contributed by atoms with Crippen LogP contribution in [0.25, 0.3) is 0 Å². The van der Waals surface area contributed by atoms with Crippen LogP contribution in [0.1, 0.15) is 51.0 Å². The Balaban J connectivity index is 2.05. The second-order valence-corrected chi connectivity index (χ2v) is 6.44. The summed E-state index contributed by atoms with van der Waals surface area (Å²) < 4.78 is 5.93. The number of carbonyl (C=O) groups is 2. The fourth-order valence-electron chi connectivity index (χ4n) is 3.23. The van der Waals surface area contributed by atoms with E-state index in [9.17, 15) is 9.59 Å². The van der Waals surface area contributed by atoms with Gasteiger partial charge in [-0.25, -0.2) is 0 Å². The Morgan fingerprint density at radius 1 is 1.38 bits per heavy atom. The molecule has 5 nitrogen and oxygen atoms in total. The Hall–Kier alpha value is -2.04. The largest absolute Gasteiger partial charge is 0.481 e. The van der Waals surface area contributed by atoms with Gasteiger partial charge in [0.25, 0.3) is 5.91 Å². The van der Waals surface area contributed by atoms with Gasteiger partial charge >= 0.3 is 5.97 Å². The molecule has 132 valence electrons. The Bertz CT molecular complexity index is 572. The molecule has 0 saturated carbocycles. The minimum atomic E-state index is -0.809. The van der Waals surface area contributed by atoms with Gasteiger partial charge in [-0.15, -0.1) is 0 Å². The van der Waals surface area contributed by atoms with Crippen LogP contribution in [0.4, 0.5) is 0 Å². The van der Waals surface area contributed by atoms with E-state index in [1.807, 2.05) is 43.0 Å². The molecule has 1 heterocycles. The second-order valence-electron chi connectivity index (χ2n) is 6.44. The Morgan fingerprint density at radius 3 is 2.83 bits per heavy atom. The van der Waals surface area contributed by atoms with Crippen molar-refractivity contribution >= 4 is 11.9 Å². The summed E-state index contributed by atoms with van der Waals surface area (Å²) in [6.07, 6.45) is 3.58. The SMILES string of the molecule is CCC(Oc1cccc(C)c1)C(=O)N1CCCCC1CCC(=O)O. The maximum absolute atomic E-state index is 12.9. The quantitative estimate of drug-likeness (QED) is 0.830. The van der Waals surface area contributed by atoms with Crippen molar-refractivity contribution in [3.8, 4) is 5.75 Å². The van der Waals surface area contributed by atoms with Crippen molar-refractivity contribution in [3.05, 3.63) is 29.8 Å². The Labute approximate surface area is 143 Å². The van der Waals surface area contributed by atoms with Gasteiger partial charge in [-0.1, -0.05) is 19.1 Å². The van der Waals surface area contributed by atoms with Gasteiger partial charge < -0.3 is 14.7 Å². The fourth-order valence-corrected chi connectivity index (χ4v) is 3.23. The van der Waals surface area contributed by atoms with E-state index in [-0.39, 0.29) is 18.4 Å². The lowest BCUT2D eigenvalue weighted by Gasteiger charge is -2.37. The van der Waals surface area contributed by atoms with Crippen LogP contribution in [0.2, 0.25) is 0 Å². The van der Waals surface area contributed by atoms with Crippen molar-refractivity contribution in [3.63, 3.8) is 0 Å². The van der Waals surface area contributed by atoms with E-state index in [0.717, 1.165) is 24.8 Å². The minimum absolute atomic E-state index is 0.0116. The first-order valence-electron chi connectivity index (χ1n) is 8.77. The first-order chi connectivity index (χ1) is 11.5. The summed E-state index contributed by atoms with van der Waals surface area (Å²) in [6, 6.07) is 7.70. The number of rotatable bonds is 7. The highest BCUT2D eigenvalue weighted by Crippen LogP contribution is 2.24. The van der Waals surface area contributed by atoms with Crippen LogP contribution in [-0.4, -0.2) is 40.6 Å². The molecule has 0 aromatic heterocycles. The number of hydrogen-bond donors (Lipinski definition) is 1. The van der Waals surface area contributed by atoms with Gasteiger partial charge in [0.1, 0.15) is 5.75 Å². The van der Waals surface area contributed by atoms with Gasteiger partial charge in [0.2, 0.25) is 0 Å². The van der Waals surface area contributed by atoms with Gasteiger partial charge in [0.05, 0.1) is 0 Å². The first-order valence-corrected chi connectivity index (χ1v) is 8.77. The van der Waals surface area contributed by atoms with Gasteiger partial charge in [-0.2, -0.15) is 0 Å². The number of amides is 1. The highest BCUT2D eigenvalue weighted by molar-refractivity contribution is 5.81. The average Bonchev–Trinajstić information content (AvgIpc) is 2.57. The van der Waals surface area contributed by atoms with E-state index in [1.54, 1.807) is 0 Å². The van der Waals surface area contributed by atoms with E-state index < -0.39 is 12.1 Å². The summed E-state index contributed by atoms with van der Waals surface area (Å²) >= 11 is 0. The lowest BCUT2D eigenvalue weighted by Crippen LogP contribution is -2.49. The number of carboxylic acid groups (broad SMARTS) is 1. The van der Waals surface area contributed by atoms with Crippen LogP contribution in [0.3, 0.4) is 0 Å². The van der Waals surface area contributed by atoms with Gasteiger partial charge in [0, 0.05) is 19.0 Å². The molecule has 1 aliphatic rings. The number of carbonyl (C=O) groups excluding carboxylic acids is 1. The van der Waals surface area contributed by atoms with Crippen molar-refractivity contribution in [2.24, 2.45) is 0 Å². The number of aryl methyl sites for hydroxylation is 1. The van der Waals surface area contributed by atoms with Crippen molar-refractivity contribution in [1.29, 1.82) is 0 Å². The molecule has 2 atom stereocenters. The standard InChI is InChI=1S/C19H27NO4/c1-3-17(24-16-9-6-7-14(2)13-16)19(23)20-12-5-4-8-15(20)10-11-18(21)22/h6-7,9,13,15,17H,3-5,8,10-12H2,1-2H3,(H,21,22). The number of nitrogens with zero attached hydrogens (tertiary/aromatic N) is 1. The van der Waals surface area contributed by atoms with E-state index in [4.69, 9.17) is 9.84 Å². The van der Waals surface area contributed by atoms with Crippen LogP contribution in [0, 0.1) is 6.92 Å². The van der Waals surface area contributed by atoms with Gasteiger partial charge in [0.15, 0.2) is 6.10 Å². The Morgan fingerprint density at radius 2 is 2.17 bits per heavy atom. The van der Waals surface area contributed by atoms with E-state index >= 15 is 0 Å². The van der Waals surface area contributed by atoms with Crippen molar-refractivity contribution in [1.82, 2.24) is 4.90 Å². The molecule has 0 bridgehead atoms.